The second-order valence-corrected chi connectivity index (χ2v) is 10.2. The molecule has 1 unspecified atom stereocenters. The van der Waals surface area contributed by atoms with E-state index in [1.807, 2.05) is 5.01 Å². The van der Waals surface area contributed by atoms with Crippen molar-refractivity contribution in [3.8, 4) is 0 Å². The first-order chi connectivity index (χ1) is 15.0. The second kappa shape index (κ2) is 8.52. The minimum atomic E-state index is -0.200. The van der Waals surface area contributed by atoms with E-state index in [0.717, 1.165) is 37.7 Å². The van der Waals surface area contributed by atoms with Gasteiger partial charge >= 0.3 is 0 Å². The summed E-state index contributed by atoms with van der Waals surface area (Å²) in [6, 6.07) is 8.41. The summed E-state index contributed by atoms with van der Waals surface area (Å²) >= 11 is 0. The van der Waals surface area contributed by atoms with E-state index >= 15 is 0 Å². The van der Waals surface area contributed by atoms with Crippen molar-refractivity contribution >= 4 is 17.5 Å². The monoisotopic (exact) mass is 425 g/mol. The van der Waals surface area contributed by atoms with Gasteiger partial charge in [-0.05, 0) is 68.8 Å². The van der Waals surface area contributed by atoms with Crippen LogP contribution in [0.2, 0.25) is 0 Å². The number of nitrogens with one attached hydrogen (secondary N) is 1. The van der Waals surface area contributed by atoms with Gasteiger partial charge in [0.15, 0.2) is 0 Å². The zero-order valence-corrected chi connectivity index (χ0v) is 18.4. The van der Waals surface area contributed by atoms with Crippen molar-refractivity contribution in [1.82, 2.24) is 15.2 Å². The van der Waals surface area contributed by atoms with Crippen LogP contribution in [0.4, 0.5) is 5.69 Å². The van der Waals surface area contributed by atoms with Gasteiger partial charge in [0.05, 0.1) is 5.92 Å². The van der Waals surface area contributed by atoms with E-state index in [0.29, 0.717) is 18.3 Å². The van der Waals surface area contributed by atoms with Gasteiger partial charge in [-0.25, -0.2) is 5.01 Å². The lowest BCUT2D eigenvalue weighted by molar-refractivity contribution is -0.134. The molecule has 4 aliphatic heterocycles. The lowest BCUT2D eigenvalue weighted by Gasteiger charge is -2.52. The molecule has 1 aromatic rings. The molecule has 4 heterocycles. The fraction of sp³-hybridized carbons (Fsp3) is 0.667. The zero-order valence-electron chi connectivity index (χ0n) is 18.4. The number of anilines is 1. The van der Waals surface area contributed by atoms with E-state index in [4.69, 9.17) is 5.84 Å². The normalized spacial score (nSPS) is 27.9. The molecule has 0 radical (unpaired) electrons. The van der Waals surface area contributed by atoms with E-state index in [-0.39, 0.29) is 17.7 Å². The molecule has 7 heteroatoms. The molecule has 2 amide bonds. The number of piperidine rings is 3. The molecule has 0 bridgehead atoms. The number of imide groups is 1. The predicted molar refractivity (Wildman–Crippen MR) is 120 cm³/mol. The van der Waals surface area contributed by atoms with Crippen molar-refractivity contribution in [2.24, 2.45) is 17.2 Å². The van der Waals surface area contributed by atoms with Crippen LogP contribution in [0.1, 0.15) is 50.0 Å². The van der Waals surface area contributed by atoms with Crippen molar-refractivity contribution in [3.05, 3.63) is 29.8 Å². The first-order valence-corrected chi connectivity index (χ1v) is 11.9. The Kier molecular flexibility index (Phi) is 5.75. The highest BCUT2D eigenvalue weighted by atomic mass is 16.2. The Balaban J connectivity index is 1.08. The Labute approximate surface area is 184 Å². The Bertz CT molecular complexity index is 802. The van der Waals surface area contributed by atoms with Gasteiger partial charge in [-0.1, -0.05) is 12.1 Å². The summed E-state index contributed by atoms with van der Waals surface area (Å²) < 4.78 is 0. The maximum Gasteiger partial charge on any atom is 0.234 e. The van der Waals surface area contributed by atoms with Crippen molar-refractivity contribution in [2.45, 2.75) is 44.4 Å². The van der Waals surface area contributed by atoms with Crippen LogP contribution in [0, 0.1) is 11.3 Å². The topological polar surface area (TPSA) is 81.9 Å². The smallest absolute Gasteiger partial charge is 0.234 e. The molecule has 1 spiro atoms. The number of nitrogens with two attached hydrogens (primary N) is 1. The molecule has 0 aliphatic carbocycles. The molecule has 4 fully saturated rings. The molecular formula is C24H35N5O2. The fourth-order valence-electron chi connectivity index (χ4n) is 6.01. The van der Waals surface area contributed by atoms with Crippen molar-refractivity contribution in [2.75, 3.05) is 50.7 Å². The van der Waals surface area contributed by atoms with E-state index in [1.54, 1.807) is 0 Å². The summed E-state index contributed by atoms with van der Waals surface area (Å²) in [5.41, 5.74) is 2.77. The van der Waals surface area contributed by atoms with Crippen molar-refractivity contribution in [3.63, 3.8) is 0 Å². The van der Waals surface area contributed by atoms with Crippen LogP contribution >= 0.6 is 0 Å². The van der Waals surface area contributed by atoms with Gasteiger partial charge in [0.25, 0.3) is 0 Å². The van der Waals surface area contributed by atoms with Crippen molar-refractivity contribution < 1.29 is 9.59 Å². The molecule has 5 rings (SSSR count). The average molecular weight is 426 g/mol. The van der Waals surface area contributed by atoms with Gasteiger partial charge in [-0.3, -0.25) is 20.7 Å². The van der Waals surface area contributed by atoms with E-state index in [2.05, 4.69) is 39.4 Å². The Hall–Kier alpha value is -1.96. The predicted octanol–water partition coefficient (Wildman–Crippen LogP) is 1.69. The van der Waals surface area contributed by atoms with E-state index in [9.17, 15) is 9.59 Å². The van der Waals surface area contributed by atoms with Gasteiger partial charge in [0.1, 0.15) is 0 Å². The van der Waals surface area contributed by atoms with Crippen LogP contribution in [-0.2, 0) is 9.59 Å². The van der Waals surface area contributed by atoms with Crippen LogP contribution in [0.25, 0.3) is 0 Å². The highest BCUT2D eigenvalue weighted by Crippen LogP contribution is 2.39. The summed E-state index contributed by atoms with van der Waals surface area (Å²) in [4.78, 5) is 28.6. The minimum absolute atomic E-state index is 0.157. The largest absolute Gasteiger partial charge is 0.372 e. The van der Waals surface area contributed by atoms with Crippen LogP contribution in [0.3, 0.4) is 0 Å². The summed E-state index contributed by atoms with van der Waals surface area (Å²) in [6.45, 7) is 8.07. The average Bonchev–Trinajstić information content (AvgIpc) is 2.75. The number of nitrogens with zero attached hydrogens (tertiary/aromatic N) is 3. The summed E-state index contributed by atoms with van der Waals surface area (Å²) in [5.74, 6) is 6.15. The lowest BCUT2D eigenvalue weighted by atomic mass is 9.73. The molecule has 0 aromatic heterocycles. The third-order valence-electron chi connectivity index (χ3n) is 8.02. The molecule has 1 aromatic carbocycles. The van der Waals surface area contributed by atoms with Gasteiger partial charge in [-0.2, -0.15) is 0 Å². The van der Waals surface area contributed by atoms with Crippen molar-refractivity contribution in [1.29, 1.82) is 0 Å². The summed E-state index contributed by atoms with van der Waals surface area (Å²) in [6.07, 6.45) is 6.13. The van der Waals surface area contributed by atoms with Gasteiger partial charge in [0, 0.05) is 50.2 Å². The molecule has 4 aliphatic rings. The number of carbonyl (C=O) groups excluding carboxylic acids is 2. The first kappa shape index (κ1) is 20.9. The van der Waals surface area contributed by atoms with Crippen LogP contribution in [0.15, 0.2) is 24.3 Å². The number of likely N-dealkylation sites (tertiary alicyclic amines) is 1. The fourth-order valence-corrected chi connectivity index (χ4v) is 6.01. The number of benzene rings is 1. The lowest BCUT2D eigenvalue weighted by Crippen LogP contribution is -2.62. The summed E-state index contributed by atoms with van der Waals surface area (Å²) in [7, 11) is 0. The molecule has 0 saturated carbocycles. The first-order valence-electron chi connectivity index (χ1n) is 11.9. The number of rotatable bonds is 4. The Morgan fingerprint density at radius 3 is 2.26 bits per heavy atom. The molecule has 7 nitrogen and oxygen atoms in total. The highest BCUT2D eigenvalue weighted by molar-refractivity contribution is 6.00. The maximum atomic E-state index is 12.1. The number of hydrogen-bond acceptors (Lipinski definition) is 6. The standard InChI is InChI=1S/C24H35N5O2/c25-29-16-24(17-29)9-13-27(14-10-24)15-18-7-11-28(12-8-18)20-3-1-19(2-4-20)21-5-6-22(30)26-23(21)31/h1-4,18,21H,5-17,25H2,(H,26,30,31). The van der Waals surface area contributed by atoms with Gasteiger partial charge in [-0.15, -0.1) is 0 Å². The Morgan fingerprint density at radius 2 is 1.65 bits per heavy atom. The van der Waals surface area contributed by atoms with Crippen LogP contribution in [-0.4, -0.2) is 67.5 Å². The molecule has 3 N–H and O–H groups in total. The SMILES string of the molecule is NN1CC2(CCN(CC3CCN(c4ccc(C5CCC(=O)NC5=O)cc4)CC3)CC2)C1. The summed E-state index contributed by atoms with van der Waals surface area (Å²) in [5, 5.41) is 4.42. The van der Waals surface area contributed by atoms with Crippen LogP contribution in [0.5, 0.6) is 0 Å². The third kappa shape index (κ3) is 4.49. The number of amides is 2. The molecule has 168 valence electrons. The second-order valence-electron chi connectivity index (χ2n) is 10.2. The molecule has 1 atom stereocenters. The number of hydrogen-bond donors (Lipinski definition) is 2. The third-order valence-corrected chi connectivity index (χ3v) is 8.02. The quantitative estimate of drug-likeness (QED) is 0.564. The molecule has 4 saturated heterocycles. The van der Waals surface area contributed by atoms with Crippen LogP contribution < -0.4 is 16.1 Å². The van der Waals surface area contributed by atoms with Gasteiger partial charge < -0.3 is 9.80 Å². The number of carbonyl (C=O) groups is 2. The maximum absolute atomic E-state index is 12.1. The highest BCUT2D eigenvalue weighted by Gasteiger charge is 2.43. The molecular weight excluding hydrogens is 390 g/mol. The van der Waals surface area contributed by atoms with E-state index in [1.165, 1.54) is 51.0 Å². The number of hydrazine groups is 1. The van der Waals surface area contributed by atoms with E-state index < -0.39 is 0 Å². The molecule has 31 heavy (non-hydrogen) atoms. The van der Waals surface area contributed by atoms with Gasteiger partial charge in [0.2, 0.25) is 11.8 Å². The zero-order chi connectivity index (χ0) is 21.4. The minimum Gasteiger partial charge on any atom is -0.372 e. The Morgan fingerprint density at radius 1 is 0.968 bits per heavy atom.